The van der Waals surface area contributed by atoms with Crippen LogP contribution in [-0.4, -0.2) is 35.9 Å². The molecular formula is C20H35NO3. The Labute approximate surface area is 146 Å². The zero-order valence-corrected chi connectivity index (χ0v) is 15.4. The van der Waals surface area contributed by atoms with Gasteiger partial charge in [-0.25, -0.2) is 0 Å². The molecule has 0 aromatic carbocycles. The number of ether oxygens (including phenoxy) is 1. The van der Waals surface area contributed by atoms with Crippen LogP contribution < -0.4 is 5.32 Å². The second-order valence-corrected chi connectivity index (χ2v) is 8.45. The van der Waals surface area contributed by atoms with E-state index in [1.807, 2.05) is 6.92 Å². The van der Waals surface area contributed by atoms with E-state index in [-0.39, 0.29) is 18.1 Å². The molecule has 1 amide bonds. The average molecular weight is 338 g/mol. The highest BCUT2D eigenvalue weighted by Crippen LogP contribution is 2.50. The van der Waals surface area contributed by atoms with E-state index in [0.29, 0.717) is 25.4 Å². The molecule has 0 aromatic rings. The molecule has 0 bridgehead atoms. The van der Waals surface area contributed by atoms with E-state index in [1.54, 1.807) is 0 Å². The van der Waals surface area contributed by atoms with Crippen LogP contribution in [0.25, 0.3) is 0 Å². The van der Waals surface area contributed by atoms with Gasteiger partial charge in [0.25, 0.3) is 0 Å². The van der Waals surface area contributed by atoms with E-state index in [4.69, 9.17) is 4.74 Å². The lowest BCUT2D eigenvalue weighted by Crippen LogP contribution is -2.52. The summed E-state index contributed by atoms with van der Waals surface area (Å²) >= 11 is 0. The normalized spacial score (nSPS) is 38.5. The van der Waals surface area contributed by atoms with E-state index < -0.39 is 6.10 Å². The van der Waals surface area contributed by atoms with E-state index in [9.17, 15) is 9.90 Å². The summed E-state index contributed by atoms with van der Waals surface area (Å²) in [5, 5.41) is 13.2. The maximum absolute atomic E-state index is 11.5. The molecule has 138 valence electrons. The topological polar surface area (TPSA) is 58.6 Å². The molecule has 2 N–H and O–H groups in total. The monoisotopic (exact) mass is 337 g/mol. The van der Waals surface area contributed by atoms with Crippen molar-refractivity contribution in [3.63, 3.8) is 0 Å². The number of rotatable bonds is 6. The Balaban J connectivity index is 1.44. The highest BCUT2D eigenvalue weighted by atomic mass is 16.5. The van der Waals surface area contributed by atoms with E-state index in [0.717, 1.165) is 24.2 Å². The Bertz CT molecular complexity index is 421. The Morgan fingerprint density at radius 1 is 1.25 bits per heavy atom. The zero-order chi connectivity index (χ0) is 17.1. The second kappa shape index (κ2) is 8.18. The van der Waals surface area contributed by atoms with E-state index in [1.165, 1.54) is 38.5 Å². The summed E-state index contributed by atoms with van der Waals surface area (Å²) in [5.41, 5.74) is 0. The number of carbonyl (C=O) groups is 1. The third-order valence-electron chi connectivity index (χ3n) is 6.90. The first kappa shape index (κ1) is 18.2. The van der Waals surface area contributed by atoms with Crippen LogP contribution in [-0.2, 0) is 9.53 Å². The minimum absolute atomic E-state index is 0.0108. The minimum atomic E-state index is -0.474. The molecule has 2 aliphatic carbocycles. The van der Waals surface area contributed by atoms with Crippen LogP contribution in [0.5, 0.6) is 0 Å². The van der Waals surface area contributed by atoms with Gasteiger partial charge < -0.3 is 15.2 Å². The van der Waals surface area contributed by atoms with Gasteiger partial charge in [-0.1, -0.05) is 39.5 Å². The van der Waals surface area contributed by atoms with Crippen LogP contribution in [0.2, 0.25) is 0 Å². The van der Waals surface area contributed by atoms with Gasteiger partial charge in [0.15, 0.2) is 0 Å². The Morgan fingerprint density at radius 3 is 2.58 bits per heavy atom. The van der Waals surface area contributed by atoms with E-state index >= 15 is 0 Å². The number of nitrogens with one attached hydrogen (secondary N) is 1. The zero-order valence-electron chi connectivity index (χ0n) is 15.4. The number of carbonyl (C=O) groups excluding carboxylic acids is 1. The van der Waals surface area contributed by atoms with Gasteiger partial charge in [0.1, 0.15) is 0 Å². The summed E-state index contributed by atoms with van der Waals surface area (Å²) < 4.78 is 5.98. The Hall–Kier alpha value is -0.610. The number of aliphatic hydroxyl groups is 1. The Morgan fingerprint density at radius 2 is 2.00 bits per heavy atom. The lowest BCUT2D eigenvalue weighted by Gasteiger charge is -2.45. The lowest BCUT2D eigenvalue weighted by molar-refractivity contribution is -0.127. The van der Waals surface area contributed by atoms with Crippen molar-refractivity contribution in [3.8, 4) is 0 Å². The molecule has 3 fully saturated rings. The molecule has 4 nitrogen and oxygen atoms in total. The predicted molar refractivity (Wildman–Crippen MR) is 94.5 cm³/mol. The average Bonchev–Trinajstić information content (AvgIpc) is 3.02. The fraction of sp³-hybridized carbons (Fsp3) is 0.950. The van der Waals surface area contributed by atoms with Crippen molar-refractivity contribution in [2.75, 3.05) is 6.61 Å². The van der Waals surface area contributed by atoms with Crippen molar-refractivity contribution < 1.29 is 14.6 Å². The first-order valence-electron chi connectivity index (χ1n) is 10.2. The first-order valence-corrected chi connectivity index (χ1v) is 10.2. The third-order valence-corrected chi connectivity index (χ3v) is 6.90. The summed E-state index contributed by atoms with van der Waals surface area (Å²) in [7, 11) is 0. The summed E-state index contributed by atoms with van der Waals surface area (Å²) in [4.78, 5) is 11.5. The van der Waals surface area contributed by atoms with Crippen LogP contribution in [0.4, 0.5) is 0 Å². The van der Waals surface area contributed by atoms with Gasteiger partial charge in [0.2, 0.25) is 5.91 Å². The van der Waals surface area contributed by atoms with Gasteiger partial charge in [-0.15, -0.1) is 0 Å². The number of hydrogen-bond donors (Lipinski definition) is 2. The van der Waals surface area contributed by atoms with Crippen molar-refractivity contribution in [2.45, 2.75) is 89.9 Å². The number of hydrogen-bond acceptors (Lipinski definition) is 3. The third kappa shape index (κ3) is 4.13. The highest BCUT2D eigenvalue weighted by molar-refractivity contribution is 5.75. The standard InChI is InChI=1S/C20H35NO3/c1-3-20(23)21-18-12-24-15(11-19(18)22)10-13(2)16-8-9-17(16)14-6-4-5-7-14/h13-19,22H,3-12H2,1-2H3,(H,21,23)/t13?,15-,16?,17?,18-,19+/m1/s1. The van der Waals surface area contributed by atoms with Gasteiger partial charge in [0.05, 0.1) is 24.9 Å². The molecule has 0 radical (unpaired) electrons. The van der Waals surface area contributed by atoms with Gasteiger partial charge >= 0.3 is 0 Å². The van der Waals surface area contributed by atoms with E-state index in [2.05, 4.69) is 12.2 Å². The highest BCUT2D eigenvalue weighted by Gasteiger charge is 2.41. The predicted octanol–water partition coefficient (Wildman–Crippen LogP) is 3.27. The quantitative estimate of drug-likeness (QED) is 0.782. The van der Waals surface area contributed by atoms with Crippen molar-refractivity contribution >= 4 is 5.91 Å². The first-order chi connectivity index (χ1) is 11.6. The molecular weight excluding hydrogens is 302 g/mol. The largest absolute Gasteiger partial charge is 0.391 e. The maximum Gasteiger partial charge on any atom is 0.220 e. The minimum Gasteiger partial charge on any atom is -0.391 e. The fourth-order valence-electron chi connectivity index (χ4n) is 5.28. The summed E-state index contributed by atoms with van der Waals surface area (Å²) in [6.45, 7) is 4.66. The maximum atomic E-state index is 11.5. The van der Waals surface area contributed by atoms with Crippen LogP contribution in [0.15, 0.2) is 0 Å². The molecule has 2 saturated carbocycles. The molecule has 6 atom stereocenters. The molecule has 3 rings (SSSR count). The fourth-order valence-corrected chi connectivity index (χ4v) is 5.28. The molecule has 1 saturated heterocycles. The Kier molecular flexibility index (Phi) is 6.20. The summed E-state index contributed by atoms with van der Waals surface area (Å²) in [6.07, 6.45) is 10.4. The van der Waals surface area contributed by atoms with Gasteiger partial charge in [-0.3, -0.25) is 4.79 Å². The molecule has 3 unspecified atom stereocenters. The lowest BCUT2D eigenvalue weighted by atomic mass is 9.61. The van der Waals surface area contributed by atoms with Crippen molar-refractivity contribution in [1.82, 2.24) is 5.32 Å². The molecule has 1 heterocycles. The SMILES string of the molecule is CCC(=O)N[C@@H]1CO[C@H](CC(C)C2CCC2C2CCCC2)C[C@@H]1O. The number of amides is 1. The van der Waals surface area contributed by atoms with Crippen molar-refractivity contribution in [2.24, 2.45) is 23.7 Å². The van der Waals surface area contributed by atoms with Crippen LogP contribution in [0.3, 0.4) is 0 Å². The van der Waals surface area contributed by atoms with Crippen molar-refractivity contribution in [3.05, 3.63) is 0 Å². The molecule has 0 aromatic heterocycles. The van der Waals surface area contributed by atoms with Gasteiger partial charge in [0, 0.05) is 12.8 Å². The van der Waals surface area contributed by atoms with Crippen LogP contribution in [0.1, 0.15) is 71.6 Å². The summed E-state index contributed by atoms with van der Waals surface area (Å²) in [6, 6.07) is -0.237. The van der Waals surface area contributed by atoms with Gasteiger partial charge in [-0.05, 0) is 42.9 Å². The molecule has 3 aliphatic rings. The molecule has 24 heavy (non-hydrogen) atoms. The number of aliphatic hydroxyl groups excluding tert-OH is 1. The smallest absolute Gasteiger partial charge is 0.220 e. The molecule has 1 aliphatic heterocycles. The molecule has 4 heteroatoms. The van der Waals surface area contributed by atoms with Crippen LogP contribution in [0, 0.1) is 23.7 Å². The van der Waals surface area contributed by atoms with Gasteiger partial charge in [-0.2, -0.15) is 0 Å². The second-order valence-electron chi connectivity index (χ2n) is 8.45. The van der Waals surface area contributed by atoms with Crippen molar-refractivity contribution in [1.29, 1.82) is 0 Å². The van der Waals surface area contributed by atoms with Crippen LogP contribution >= 0.6 is 0 Å². The molecule has 0 spiro atoms. The summed E-state index contributed by atoms with van der Waals surface area (Å²) in [5.74, 6) is 3.48.